The van der Waals surface area contributed by atoms with Gasteiger partial charge in [-0.15, -0.1) is 0 Å². The third kappa shape index (κ3) is 3.35. The standard InChI is InChI=1S/C19H27ClN4O/c20-14-13-21-18(24-11-5-6-12-24)23-16(14)17(25)22-15-7-1-2-8-19(15)9-3-4-10-19/h13,15H,1-12H2,(H,22,25). The van der Waals surface area contributed by atoms with Crippen LogP contribution in [-0.4, -0.2) is 35.0 Å². The van der Waals surface area contributed by atoms with Gasteiger partial charge >= 0.3 is 0 Å². The van der Waals surface area contributed by atoms with Gasteiger partial charge in [0.05, 0.1) is 11.2 Å². The number of nitrogens with zero attached hydrogens (tertiary/aromatic N) is 3. The van der Waals surface area contributed by atoms with Crippen molar-refractivity contribution in [2.24, 2.45) is 5.41 Å². The second kappa shape index (κ2) is 7.10. The van der Waals surface area contributed by atoms with E-state index < -0.39 is 0 Å². The predicted molar refractivity (Wildman–Crippen MR) is 99.1 cm³/mol. The molecule has 1 aromatic rings. The number of hydrogen-bond acceptors (Lipinski definition) is 4. The molecule has 1 atom stereocenters. The summed E-state index contributed by atoms with van der Waals surface area (Å²) >= 11 is 6.26. The Labute approximate surface area is 154 Å². The normalized spacial score (nSPS) is 25.5. The van der Waals surface area contributed by atoms with E-state index >= 15 is 0 Å². The summed E-state index contributed by atoms with van der Waals surface area (Å²) in [6.07, 6.45) is 13.8. The molecule has 25 heavy (non-hydrogen) atoms. The van der Waals surface area contributed by atoms with Gasteiger partial charge < -0.3 is 10.2 Å². The summed E-state index contributed by atoms with van der Waals surface area (Å²) in [6, 6.07) is 0.262. The van der Waals surface area contributed by atoms with Gasteiger partial charge in [0.2, 0.25) is 5.95 Å². The highest BCUT2D eigenvalue weighted by Gasteiger charge is 2.43. The number of nitrogens with one attached hydrogen (secondary N) is 1. The first-order valence-electron chi connectivity index (χ1n) is 9.76. The molecule has 2 saturated carbocycles. The van der Waals surface area contributed by atoms with E-state index in [-0.39, 0.29) is 11.9 Å². The van der Waals surface area contributed by atoms with Crippen molar-refractivity contribution in [1.82, 2.24) is 15.3 Å². The first kappa shape index (κ1) is 17.1. The van der Waals surface area contributed by atoms with Gasteiger partial charge in [0.25, 0.3) is 5.91 Å². The second-order valence-corrected chi connectivity index (χ2v) is 8.31. The number of halogens is 1. The average Bonchev–Trinajstić information content (AvgIpc) is 3.30. The lowest BCUT2D eigenvalue weighted by Crippen LogP contribution is -2.48. The van der Waals surface area contributed by atoms with Crippen molar-refractivity contribution in [1.29, 1.82) is 0 Å². The van der Waals surface area contributed by atoms with Crippen LogP contribution in [0, 0.1) is 5.41 Å². The number of anilines is 1. The van der Waals surface area contributed by atoms with E-state index in [1.165, 1.54) is 44.9 Å². The van der Waals surface area contributed by atoms with Crippen LogP contribution in [0.1, 0.15) is 74.7 Å². The molecule has 1 unspecified atom stereocenters. The van der Waals surface area contributed by atoms with Gasteiger partial charge in [0.1, 0.15) is 0 Å². The molecule has 2 aliphatic carbocycles. The van der Waals surface area contributed by atoms with E-state index in [2.05, 4.69) is 20.2 Å². The minimum absolute atomic E-state index is 0.133. The van der Waals surface area contributed by atoms with Crippen molar-refractivity contribution >= 4 is 23.5 Å². The molecule has 4 rings (SSSR count). The lowest BCUT2D eigenvalue weighted by atomic mass is 9.69. The molecule has 1 saturated heterocycles. The van der Waals surface area contributed by atoms with Crippen LogP contribution in [0.3, 0.4) is 0 Å². The SMILES string of the molecule is O=C(NC1CCCCC12CCCC2)c1nc(N2CCCC2)ncc1Cl. The molecule has 0 aromatic carbocycles. The Balaban J connectivity index is 1.53. The minimum Gasteiger partial charge on any atom is -0.347 e. The summed E-state index contributed by atoms with van der Waals surface area (Å²) in [5, 5.41) is 3.64. The number of carbonyl (C=O) groups excluding carboxylic acids is 1. The Kier molecular flexibility index (Phi) is 4.85. The summed E-state index contributed by atoms with van der Waals surface area (Å²) in [7, 11) is 0. The van der Waals surface area contributed by atoms with E-state index in [1.54, 1.807) is 6.20 Å². The van der Waals surface area contributed by atoms with E-state index in [9.17, 15) is 4.79 Å². The third-order valence-electron chi connectivity index (χ3n) is 6.40. The average molecular weight is 363 g/mol. The summed E-state index contributed by atoms with van der Waals surface area (Å²) in [4.78, 5) is 23.9. The van der Waals surface area contributed by atoms with Crippen LogP contribution in [0.5, 0.6) is 0 Å². The van der Waals surface area contributed by atoms with Crippen LogP contribution in [0.4, 0.5) is 5.95 Å². The Bertz CT molecular complexity index is 638. The molecular formula is C19H27ClN4O. The molecule has 2 heterocycles. The Morgan fingerprint density at radius 1 is 1.12 bits per heavy atom. The maximum atomic E-state index is 12.9. The molecule has 1 N–H and O–H groups in total. The number of hydrogen-bond donors (Lipinski definition) is 1. The van der Waals surface area contributed by atoms with Crippen LogP contribution in [0.15, 0.2) is 6.20 Å². The number of amides is 1. The highest BCUT2D eigenvalue weighted by molar-refractivity contribution is 6.33. The van der Waals surface area contributed by atoms with Gasteiger partial charge in [-0.25, -0.2) is 9.97 Å². The highest BCUT2D eigenvalue weighted by Crippen LogP contribution is 2.49. The molecule has 0 radical (unpaired) electrons. The Morgan fingerprint density at radius 3 is 2.52 bits per heavy atom. The molecule has 1 spiro atoms. The lowest BCUT2D eigenvalue weighted by Gasteiger charge is -2.42. The van der Waals surface area contributed by atoms with Crippen molar-refractivity contribution in [3.8, 4) is 0 Å². The van der Waals surface area contributed by atoms with E-state index in [0.717, 1.165) is 32.4 Å². The summed E-state index contributed by atoms with van der Waals surface area (Å²) < 4.78 is 0. The smallest absolute Gasteiger partial charge is 0.271 e. The zero-order valence-electron chi connectivity index (χ0n) is 14.8. The van der Waals surface area contributed by atoms with Crippen molar-refractivity contribution in [2.75, 3.05) is 18.0 Å². The quantitative estimate of drug-likeness (QED) is 0.884. The molecule has 136 valence electrons. The summed E-state index contributed by atoms with van der Waals surface area (Å²) in [5.74, 6) is 0.497. The van der Waals surface area contributed by atoms with Crippen LogP contribution in [-0.2, 0) is 0 Å². The zero-order chi connectivity index (χ0) is 17.3. The fourth-order valence-corrected chi connectivity index (χ4v) is 5.20. The maximum absolute atomic E-state index is 12.9. The highest BCUT2D eigenvalue weighted by atomic mass is 35.5. The Morgan fingerprint density at radius 2 is 1.80 bits per heavy atom. The number of aromatic nitrogens is 2. The second-order valence-electron chi connectivity index (χ2n) is 7.90. The summed E-state index contributed by atoms with van der Waals surface area (Å²) in [6.45, 7) is 1.91. The van der Waals surface area contributed by atoms with E-state index in [1.807, 2.05) is 0 Å². The van der Waals surface area contributed by atoms with Crippen LogP contribution in [0.2, 0.25) is 5.02 Å². The van der Waals surface area contributed by atoms with Gasteiger partial charge in [-0.3, -0.25) is 4.79 Å². The molecule has 3 aliphatic rings. The molecule has 1 amide bonds. The van der Waals surface area contributed by atoms with Crippen molar-refractivity contribution < 1.29 is 4.79 Å². The molecule has 0 bridgehead atoms. The lowest BCUT2D eigenvalue weighted by molar-refractivity contribution is 0.0800. The van der Waals surface area contributed by atoms with Crippen LogP contribution < -0.4 is 10.2 Å². The first-order valence-corrected chi connectivity index (χ1v) is 10.1. The molecule has 6 heteroatoms. The van der Waals surface area contributed by atoms with Gasteiger partial charge in [-0.05, 0) is 43.9 Å². The van der Waals surface area contributed by atoms with Gasteiger partial charge in [-0.1, -0.05) is 37.3 Å². The monoisotopic (exact) mass is 362 g/mol. The molecule has 1 aliphatic heterocycles. The van der Waals surface area contributed by atoms with E-state index in [0.29, 0.717) is 22.1 Å². The number of rotatable bonds is 3. The number of carbonyl (C=O) groups is 1. The van der Waals surface area contributed by atoms with Crippen molar-refractivity contribution in [3.63, 3.8) is 0 Å². The van der Waals surface area contributed by atoms with Gasteiger partial charge in [-0.2, -0.15) is 0 Å². The van der Waals surface area contributed by atoms with Crippen LogP contribution >= 0.6 is 11.6 Å². The van der Waals surface area contributed by atoms with Gasteiger partial charge in [0, 0.05) is 19.1 Å². The first-order chi connectivity index (χ1) is 12.2. The zero-order valence-corrected chi connectivity index (χ0v) is 15.5. The maximum Gasteiger partial charge on any atom is 0.271 e. The molecular weight excluding hydrogens is 336 g/mol. The van der Waals surface area contributed by atoms with Crippen molar-refractivity contribution in [2.45, 2.75) is 70.3 Å². The van der Waals surface area contributed by atoms with Gasteiger partial charge in [0.15, 0.2) is 5.69 Å². The fourth-order valence-electron chi connectivity index (χ4n) is 5.02. The van der Waals surface area contributed by atoms with E-state index in [4.69, 9.17) is 11.6 Å². The fraction of sp³-hybridized carbons (Fsp3) is 0.737. The van der Waals surface area contributed by atoms with Crippen molar-refractivity contribution in [3.05, 3.63) is 16.9 Å². The Hall–Kier alpha value is -1.36. The largest absolute Gasteiger partial charge is 0.347 e. The minimum atomic E-state index is -0.133. The topological polar surface area (TPSA) is 58.1 Å². The molecule has 3 fully saturated rings. The summed E-state index contributed by atoms with van der Waals surface area (Å²) in [5.41, 5.74) is 0.642. The molecule has 5 nitrogen and oxygen atoms in total. The van der Waals surface area contributed by atoms with Crippen LogP contribution in [0.25, 0.3) is 0 Å². The third-order valence-corrected chi connectivity index (χ3v) is 6.67. The predicted octanol–water partition coefficient (Wildman–Crippen LogP) is 3.96. The molecule has 1 aromatic heterocycles.